The molecule has 1 aromatic heterocycles. The number of nitrogens with zero attached hydrogens (tertiary/aromatic N) is 2. The van der Waals surface area contributed by atoms with Crippen molar-refractivity contribution >= 4 is 11.8 Å². The fourth-order valence-corrected chi connectivity index (χ4v) is 1.00. The SMILES string of the molecule is N#CSCc1cccnc1. The normalized spacial score (nSPS) is 8.70. The maximum atomic E-state index is 8.22. The number of hydrogen-bond donors (Lipinski definition) is 0. The molecule has 0 saturated carbocycles. The Labute approximate surface area is 63.9 Å². The highest BCUT2D eigenvalue weighted by Gasteiger charge is 1.88. The third-order valence-corrected chi connectivity index (χ3v) is 1.63. The predicted octanol–water partition coefficient (Wildman–Crippen LogP) is 1.80. The zero-order valence-corrected chi connectivity index (χ0v) is 6.14. The Morgan fingerprint density at radius 1 is 1.70 bits per heavy atom. The van der Waals surface area contributed by atoms with E-state index in [-0.39, 0.29) is 0 Å². The summed E-state index contributed by atoms with van der Waals surface area (Å²) in [5.74, 6) is 0.727. The van der Waals surface area contributed by atoms with Crippen LogP contribution in [0.25, 0.3) is 0 Å². The quantitative estimate of drug-likeness (QED) is 0.603. The van der Waals surface area contributed by atoms with Crippen molar-refractivity contribution in [2.75, 3.05) is 0 Å². The van der Waals surface area contributed by atoms with Gasteiger partial charge < -0.3 is 0 Å². The summed E-state index contributed by atoms with van der Waals surface area (Å²) in [7, 11) is 0. The number of thiocyanates is 1. The number of rotatable bonds is 2. The summed E-state index contributed by atoms with van der Waals surface area (Å²) >= 11 is 1.23. The van der Waals surface area contributed by atoms with E-state index in [1.54, 1.807) is 12.4 Å². The number of aromatic nitrogens is 1. The Balaban J connectivity index is 2.52. The van der Waals surface area contributed by atoms with Gasteiger partial charge in [-0.25, -0.2) is 0 Å². The molecule has 0 fully saturated rings. The van der Waals surface area contributed by atoms with Crippen molar-refractivity contribution in [2.24, 2.45) is 0 Å². The second kappa shape index (κ2) is 3.91. The number of nitriles is 1. The van der Waals surface area contributed by atoms with Gasteiger partial charge in [0.1, 0.15) is 5.40 Å². The monoisotopic (exact) mass is 150 g/mol. The first-order valence-corrected chi connectivity index (χ1v) is 3.82. The minimum absolute atomic E-state index is 0.727. The maximum Gasteiger partial charge on any atom is 0.133 e. The lowest BCUT2D eigenvalue weighted by atomic mass is 10.3. The van der Waals surface area contributed by atoms with Crippen molar-refractivity contribution in [3.8, 4) is 5.40 Å². The van der Waals surface area contributed by atoms with Crippen LogP contribution >= 0.6 is 11.8 Å². The van der Waals surface area contributed by atoms with E-state index in [4.69, 9.17) is 5.26 Å². The molecule has 1 aromatic rings. The summed E-state index contributed by atoms with van der Waals surface area (Å²) in [4.78, 5) is 3.91. The first-order valence-electron chi connectivity index (χ1n) is 2.83. The van der Waals surface area contributed by atoms with Crippen LogP contribution < -0.4 is 0 Å². The van der Waals surface area contributed by atoms with Crippen molar-refractivity contribution < 1.29 is 0 Å². The molecular formula is C7H6N2S. The summed E-state index contributed by atoms with van der Waals surface area (Å²) in [6.07, 6.45) is 3.49. The molecule has 0 aromatic carbocycles. The molecule has 0 aliphatic heterocycles. The van der Waals surface area contributed by atoms with E-state index in [1.807, 2.05) is 17.5 Å². The van der Waals surface area contributed by atoms with Crippen molar-refractivity contribution in [1.82, 2.24) is 4.98 Å². The summed E-state index contributed by atoms with van der Waals surface area (Å²) < 4.78 is 0. The van der Waals surface area contributed by atoms with Crippen LogP contribution in [0.5, 0.6) is 0 Å². The van der Waals surface area contributed by atoms with Crippen molar-refractivity contribution in [3.63, 3.8) is 0 Å². The largest absolute Gasteiger partial charge is 0.264 e. The minimum Gasteiger partial charge on any atom is -0.264 e. The van der Waals surface area contributed by atoms with Gasteiger partial charge in [0.15, 0.2) is 0 Å². The number of thioether (sulfide) groups is 1. The highest BCUT2D eigenvalue weighted by atomic mass is 32.2. The lowest BCUT2D eigenvalue weighted by Gasteiger charge is -1.91. The average Bonchev–Trinajstić information content (AvgIpc) is 2.03. The zero-order valence-electron chi connectivity index (χ0n) is 5.32. The van der Waals surface area contributed by atoms with E-state index in [1.165, 1.54) is 11.8 Å². The number of hydrogen-bond acceptors (Lipinski definition) is 3. The van der Waals surface area contributed by atoms with Crippen LogP contribution in [-0.2, 0) is 5.75 Å². The van der Waals surface area contributed by atoms with Gasteiger partial charge in [-0.2, -0.15) is 5.26 Å². The second-order valence-electron chi connectivity index (χ2n) is 1.74. The average molecular weight is 150 g/mol. The van der Waals surface area contributed by atoms with Crippen LogP contribution in [0.2, 0.25) is 0 Å². The zero-order chi connectivity index (χ0) is 7.23. The molecule has 0 saturated heterocycles. The Hall–Kier alpha value is -1.01. The van der Waals surface area contributed by atoms with Crippen LogP contribution in [0.4, 0.5) is 0 Å². The van der Waals surface area contributed by atoms with E-state index >= 15 is 0 Å². The molecule has 0 spiro atoms. The highest BCUT2D eigenvalue weighted by molar-refractivity contribution is 8.02. The van der Waals surface area contributed by atoms with Gasteiger partial charge in [0.25, 0.3) is 0 Å². The molecule has 0 atom stereocenters. The van der Waals surface area contributed by atoms with E-state index in [0.29, 0.717) is 0 Å². The standard InChI is InChI=1S/C7H6N2S/c8-6-10-5-7-2-1-3-9-4-7/h1-4H,5H2. The highest BCUT2D eigenvalue weighted by Crippen LogP contribution is 2.07. The molecule has 2 nitrogen and oxygen atoms in total. The van der Waals surface area contributed by atoms with Crippen LogP contribution in [0.15, 0.2) is 24.5 Å². The topological polar surface area (TPSA) is 36.7 Å². The predicted molar refractivity (Wildman–Crippen MR) is 41.1 cm³/mol. The Kier molecular flexibility index (Phi) is 2.78. The summed E-state index contributed by atoms with van der Waals surface area (Å²) in [5.41, 5.74) is 1.09. The maximum absolute atomic E-state index is 8.22. The lowest BCUT2D eigenvalue weighted by molar-refractivity contribution is 1.25. The molecule has 0 bridgehead atoms. The second-order valence-corrected chi connectivity index (χ2v) is 2.50. The fourth-order valence-electron chi connectivity index (χ4n) is 0.599. The number of pyridine rings is 1. The molecule has 3 heteroatoms. The van der Waals surface area contributed by atoms with E-state index in [9.17, 15) is 0 Å². The lowest BCUT2D eigenvalue weighted by Crippen LogP contribution is -1.78. The molecule has 1 heterocycles. The van der Waals surface area contributed by atoms with Gasteiger partial charge in [0, 0.05) is 18.1 Å². The summed E-state index contributed by atoms with van der Waals surface area (Å²) in [6, 6.07) is 3.82. The molecule has 0 N–H and O–H groups in total. The van der Waals surface area contributed by atoms with Gasteiger partial charge >= 0.3 is 0 Å². The molecule has 0 amide bonds. The molecule has 0 aliphatic rings. The van der Waals surface area contributed by atoms with Gasteiger partial charge in [-0.1, -0.05) is 6.07 Å². The van der Waals surface area contributed by atoms with Crippen LogP contribution in [0, 0.1) is 10.7 Å². The minimum atomic E-state index is 0.727. The Morgan fingerprint density at radius 3 is 3.20 bits per heavy atom. The third kappa shape index (κ3) is 2.08. The first kappa shape index (κ1) is 7.10. The van der Waals surface area contributed by atoms with Crippen molar-refractivity contribution in [1.29, 1.82) is 5.26 Å². The molecule has 10 heavy (non-hydrogen) atoms. The molecule has 0 radical (unpaired) electrons. The van der Waals surface area contributed by atoms with Gasteiger partial charge in [-0.05, 0) is 23.4 Å². The van der Waals surface area contributed by atoms with E-state index in [2.05, 4.69) is 4.98 Å². The third-order valence-electron chi connectivity index (χ3n) is 1.03. The van der Waals surface area contributed by atoms with Crippen LogP contribution in [0.1, 0.15) is 5.56 Å². The van der Waals surface area contributed by atoms with Crippen LogP contribution in [-0.4, -0.2) is 4.98 Å². The molecule has 1 rings (SSSR count). The van der Waals surface area contributed by atoms with Crippen molar-refractivity contribution in [3.05, 3.63) is 30.1 Å². The van der Waals surface area contributed by atoms with Gasteiger partial charge in [-0.15, -0.1) is 0 Å². The van der Waals surface area contributed by atoms with Gasteiger partial charge in [-0.3, -0.25) is 4.98 Å². The molecular weight excluding hydrogens is 144 g/mol. The molecule has 0 unspecified atom stereocenters. The van der Waals surface area contributed by atoms with Gasteiger partial charge in [0.05, 0.1) is 0 Å². The van der Waals surface area contributed by atoms with E-state index in [0.717, 1.165) is 11.3 Å². The van der Waals surface area contributed by atoms with Crippen molar-refractivity contribution in [2.45, 2.75) is 5.75 Å². The summed E-state index contributed by atoms with van der Waals surface area (Å²) in [5, 5.41) is 10.2. The summed E-state index contributed by atoms with van der Waals surface area (Å²) in [6.45, 7) is 0. The fraction of sp³-hybridized carbons (Fsp3) is 0.143. The molecule has 0 aliphatic carbocycles. The van der Waals surface area contributed by atoms with Gasteiger partial charge in [0.2, 0.25) is 0 Å². The van der Waals surface area contributed by atoms with E-state index < -0.39 is 0 Å². The smallest absolute Gasteiger partial charge is 0.133 e. The Morgan fingerprint density at radius 2 is 2.60 bits per heavy atom. The Bertz CT molecular complexity index is 227. The van der Waals surface area contributed by atoms with Crippen LogP contribution in [0.3, 0.4) is 0 Å². The first-order chi connectivity index (χ1) is 4.93. The molecule has 50 valence electrons.